The Morgan fingerprint density at radius 3 is 2.50 bits per heavy atom. The van der Waals surface area contributed by atoms with Crippen molar-refractivity contribution >= 4 is 11.7 Å². The molecular weight excluding hydrogens is 256 g/mol. The summed E-state index contributed by atoms with van der Waals surface area (Å²) in [5.74, 6) is 0.358. The smallest absolute Gasteiger partial charge is 0.221 e. The van der Waals surface area contributed by atoms with Crippen molar-refractivity contribution < 1.29 is 10.0 Å². The van der Waals surface area contributed by atoms with Gasteiger partial charge in [-0.15, -0.1) is 0 Å². The minimum absolute atomic E-state index is 0.0839. The fourth-order valence-corrected chi connectivity index (χ4v) is 1.80. The summed E-state index contributed by atoms with van der Waals surface area (Å²) < 4.78 is 0. The van der Waals surface area contributed by atoms with Crippen molar-refractivity contribution in [1.82, 2.24) is 10.6 Å². The Kier molecular flexibility index (Phi) is 8.96. The van der Waals surface area contributed by atoms with Gasteiger partial charge >= 0.3 is 0 Å². The van der Waals surface area contributed by atoms with E-state index in [2.05, 4.69) is 15.8 Å². The van der Waals surface area contributed by atoms with E-state index in [-0.39, 0.29) is 23.2 Å². The maximum atomic E-state index is 11.4. The van der Waals surface area contributed by atoms with Gasteiger partial charge < -0.3 is 21.6 Å². The number of unbranched alkanes of at least 4 members (excludes halogenated alkanes) is 1. The molecule has 5 N–H and O–H groups in total. The van der Waals surface area contributed by atoms with Crippen LogP contribution in [-0.4, -0.2) is 36.1 Å². The van der Waals surface area contributed by atoms with Crippen molar-refractivity contribution in [1.29, 1.82) is 0 Å². The van der Waals surface area contributed by atoms with E-state index in [1.165, 1.54) is 0 Å². The number of carbonyl (C=O) groups is 1. The van der Waals surface area contributed by atoms with E-state index in [1.807, 2.05) is 27.7 Å². The van der Waals surface area contributed by atoms with Gasteiger partial charge in [0.1, 0.15) is 5.84 Å². The molecule has 118 valence electrons. The number of oxime groups is 1. The lowest BCUT2D eigenvalue weighted by atomic mass is 9.86. The maximum Gasteiger partial charge on any atom is 0.221 e. The van der Waals surface area contributed by atoms with Crippen molar-refractivity contribution in [2.24, 2.45) is 16.3 Å². The first-order chi connectivity index (χ1) is 9.29. The number of amides is 1. The van der Waals surface area contributed by atoms with Gasteiger partial charge in [-0.25, -0.2) is 0 Å². The molecule has 6 nitrogen and oxygen atoms in total. The quantitative estimate of drug-likeness (QED) is 0.160. The Balaban J connectivity index is 3.57. The van der Waals surface area contributed by atoms with Crippen molar-refractivity contribution in [3.63, 3.8) is 0 Å². The predicted molar refractivity (Wildman–Crippen MR) is 81.8 cm³/mol. The second kappa shape index (κ2) is 9.58. The van der Waals surface area contributed by atoms with E-state index < -0.39 is 0 Å². The molecule has 0 heterocycles. The lowest BCUT2D eigenvalue weighted by Gasteiger charge is -2.22. The number of rotatable bonds is 10. The first kappa shape index (κ1) is 18.7. The third-order valence-corrected chi connectivity index (χ3v) is 3.18. The Labute approximate surface area is 122 Å². The third-order valence-electron chi connectivity index (χ3n) is 3.18. The van der Waals surface area contributed by atoms with Crippen molar-refractivity contribution in [3.05, 3.63) is 0 Å². The molecule has 0 aromatic carbocycles. The Bertz CT molecular complexity index is 314. The summed E-state index contributed by atoms with van der Waals surface area (Å²) in [6.07, 6.45) is 3.38. The van der Waals surface area contributed by atoms with Gasteiger partial charge in [-0.2, -0.15) is 0 Å². The zero-order valence-electron chi connectivity index (χ0n) is 13.2. The summed E-state index contributed by atoms with van der Waals surface area (Å²) in [4.78, 5) is 11.4. The van der Waals surface area contributed by atoms with E-state index in [9.17, 15) is 4.79 Å². The molecule has 0 fully saturated rings. The van der Waals surface area contributed by atoms with Gasteiger partial charge in [-0.1, -0.05) is 25.4 Å². The maximum absolute atomic E-state index is 11.4. The largest absolute Gasteiger partial charge is 0.409 e. The molecule has 0 aliphatic carbocycles. The van der Waals surface area contributed by atoms with Gasteiger partial charge in [0.05, 0.1) is 0 Å². The Morgan fingerprint density at radius 2 is 1.95 bits per heavy atom. The molecule has 6 heteroatoms. The number of carbonyl (C=O) groups excluding carboxylic acids is 1. The predicted octanol–water partition coefficient (Wildman–Crippen LogP) is 1.43. The first-order valence-corrected chi connectivity index (χ1v) is 7.27. The fraction of sp³-hybridized carbons (Fsp3) is 0.857. The molecule has 0 saturated carbocycles. The van der Waals surface area contributed by atoms with Crippen LogP contribution in [0.15, 0.2) is 5.16 Å². The summed E-state index contributed by atoms with van der Waals surface area (Å²) >= 11 is 0. The van der Waals surface area contributed by atoms with Crippen LogP contribution in [0.2, 0.25) is 0 Å². The molecule has 0 bridgehead atoms. The van der Waals surface area contributed by atoms with Crippen molar-refractivity contribution in [2.45, 2.75) is 59.4 Å². The van der Waals surface area contributed by atoms with Gasteiger partial charge in [-0.3, -0.25) is 4.79 Å². The summed E-state index contributed by atoms with van der Waals surface area (Å²) in [6, 6.07) is 0.198. The highest BCUT2D eigenvalue weighted by Crippen LogP contribution is 2.22. The van der Waals surface area contributed by atoms with E-state index in [4.69, 9.17) is 10.9 Å². The van der Waals surface area contributed by atoms with Crippen molar-refractivity contribution in [2.75, 3.05) is 13.1 Å². The van der Waals surface area contributed by atoms with Gasteiger partial charge in [0.2, 0.25) is 5.91 Å². The monoisotopic (exact) mass is 286 g/mol. The van der Waals surface area contributed by atoms with Crippen LogP contribution in [0.5, 0.6) is 0 Å². The van der Waals surface area contributed by atoms with Crippen LogP contribution in [0.1, 0.15) is 53.4 Å². The molecule has 20 heavy (non-hydrogen) atoms. The van der Waals surface area contributed by atoms with Crippen LogP contribution < -0.4 is 16.4 Å². The molecule has 0 unspecified atom stereocenters. The van der Waals surface area contributed by atoms with Crippen molar-refractivity contribution in [3.8, 4) is 0 Å². The minimum atomic E-state index is -0.272. The lowest BCUT2D eigenvalue weighted by molar-refractivity contribution is -0.121. The van der Waals surface area contributed by atoms with Gasteiger partial charge in [0, 0.05) is 24.4 Å². The third kappa shape index (κ3) is 8.74. The molecule has 0 aliphatic rings. The zero-order chi connectivity index (χ0) is 15.6. The SMILES string of the molecule is CC(C)NC(=O)CCNCCCCC(C)(C)C(N)=NO. The second-order valence-corrected chi connectivity index (χ2v) is 6.05. The van der Waals surface area contributed by atoms with Gasteiger partial charge in [-0.05, 0) is 33.2 Å². The average molecular weight is 286 g/mol. The van der Waals surface area contributed by atoms with Gasteiger partial charge in [0.25, 0.3) is 0 Å². The topological polar surface area (TPSA) is 99.7 Å². The van der Waals surface area contributed by atoms with E-state index in [0.29, 0.717) is 13.0 Å². The summed E-state index contributed by atoms with van der Waals surface area (Å²) in [5, 5.41) is 17.8. The number of hydrogen-bond acceptors (Lipinski definition) is 4. The molecule has 0 aliphatic heterocycles. The molecule has 0 aromatic rings. The van der Waals surface area contributed by atoms with E-state index >= 15 is 0 Å². The van der Waals surface area contributed by atoms with E-state index in [1.54, 1.807) is 0 Å². The van der Waals surface area contributed by atoms with Gasteiger partial charge in [0.15, 0.2) is 0 Å². The molecule has 0 aromatic heterocycles. The van der Waals surface area contributed by atoms with E-state index in [0.717, 1.165) is 25.8 Å². The number of nitrogens with zero attached hydrogens (tertiary/aromatic N) is 1. The Morgan fingerprint density at radius 1 is 1.30 bits per heavy atom. The van der Waals surface area contributed by atoms with Crippen LogP contribution in [0, 0.1) is 5.41 Å². The molecule has 0 saturated heterocycles. The van der Waals surface area contributed by atoms with Crippen LogP contribution in [0.3, 0.4) is 0 Å². The fourth-order valence-electron chi connectivity index (χ4n) is 1.80. The highest BCUT2D eigenvalue weighted by atomic mass is 16.4. The number of nitrogens with two attached hydrogens (primary N) is 1. The summed E-state index contributed by atoms with van der Waals surface area (Å²) in [5.41, 5.74) is 5.35. The molecule has 1 amide bonds. The summed E-state index contributed by atoms with van der Waals surface area (Å²) in [7, 11) is 0. The average Bonchev–Trinajstić information content (AvgIpc) is 2.35. The summed E-state index contributed by atoms with van der Waals surface area (Å²) in [6.45, 7) is 9.41. The lowest BCUT2D eigenvalue weighted by Crippen LogP contribution is -2.33. The normalized spacial score (nSPS) is 12.8. The van der Waals surface area contributed by atoms with Crippen LogP contribution in [0.4, 0.5) is 0 Å². The molecule has 0 rings (SSSR count). The number of nitrogens with one attached hydrogen (secondary N) is 2. The van der Waals surface area contributed by atoms with Crippen LogP contribution >= 0.6 is 0 Å². The number of amidine groups is 1. The highest BCUT2D eigenvalue weighted by Gasteiger charge is 2.22. The first-order valence-electron chi connectivity index (χ1n) is 7.27. The van der Waals surface area contributed by atoms with Crippen LogP contribution in [0.25, 0.3) is 0 Å². The highest BCUT2D eigenvalue weighted by molar-refractivity contribution is 5.85. The standard InChI is InChI=1S/C14H30N4O2/c1-11(2)17-12(19)7-10-16-9-6-5-8-14(3,4)13(15)18-20/h11,16,20H,5-10H2,1-4H3,(H2,15,18)(H,17,19). The minimum Gasteiger partial charge on any atom is -0.409 e. The molecule has 0 atom stereocenters. The Hall–Kier alpha value is -1.30. The number of hydrogen-bond donors (Lipinski definition) is 4. The van der Waals surface area contributed by atoms with Crippen LogP contribution in [-0.2, 0) is 4.79 Å². The molecule has 0 radical (unpaired) electrons. The molecular formula is C14H30N4O2. The second-order valence-electron chi connectivity index (χ2n) is 6.05. The zero-order valence-corrected chi connectivity index (χ0v) is 13.2. The molecule has 0 spiro atoms.